The van der Waals surface area contributed by atoms with Gasteiger partial charge >= 0.3 is 6.18 Å². The molecule has 0 radical (unpaired) electrons. The predicted molar refractivity (Wildman–Crippen MR) is 116 cm³/mol. The number of hydrogen-bond acceptors (Lipinski definition) is 2. The Morgan fingerprint density at radius 3 is 2.52 bits per heavy atom. The second-order valence-electron chi connectivity index (χ2n) is 8.59. The van der Waals surface area contributed by atoms with Crippen LogP contribution in [0.4, 0.5) is 23.2 Å². The molecule has 0 unspecified atom stereocenters. The molecule has 0 spiro atoms. The van der Waals surface area contributed by atoms with Crippen molar-refractivity contribution in [2.24, 2.45) is 5.92 Å². The third-order valence-corrected chi connectivity index (χ3v) is 6.65. The molecule has 1 saturated carbocycles. The normalized spacial score (nSPS) is 16.6. The average molecular weight is 483 g/mol. The molecule has 1 fully saturated rings. The maximum Gasteiger partial charge on any atom is 0.419 e. The zero-order chi connectivity index (χ0) is 23.8. The van der Waals surface area contributed by atoms with Gasteiger partial charge in [0.25, 0.3) is 0 Å². The summed E-state index contributed by atoms with van der Waals surface area (Å²) in [5.41, 5.74) is 0.910. The zero-order valence-corrected chi connectivity index (χ0v) is 18.5. The molecule has 1 aliphatic carbocycles. The van der Waals surface area contributed by atoms with Crippen LogP contribution in [0, 0.1) is 11.7 Å². The maximum atomic E-state index is 13.8. The van der Waals surface area contributed by atoms with Crippen molar-refractivity contribution in [2.45, 2.75) is 51.2 Å². The van der Waals surface area contributed by atoms with Crippen LogP contribution in [0.2, 0.25) is 5.02 Å². The third kappa shape index (κ3) is 5.16. The Hall–Kier alpha value is -2.61. The van der Waals surface area contributed by atoms with E-state index >= 15 is 0 Å². The fourth-order valence-corrected chi connectivity index (χ4v) is 4.87. The van der Waals surface area contributed by atoms with Gasteiger partial charge in [0.1, 0.15) is 5.82 Å². The standard InChI is InChI=1S/C24H23ClF4N2O2/c25-19-8-6-16-13-31(23(33)15-3-1-2-4-15)10-9-17(16)22(19)30-21(32)12-14-5-7-18(20(26)11-14)24(27,28)29/h5-8,11,15H,1-4,9-10,12-13H2,(H,30,32). The average Bonchev–Trinajstić information content (AvgIpc) is 3.29. The molecule has 1 heterocycles. The van der Waals surface area contributed by atoms with Crippen molar-refractivity contribution in [1.82, 2.24) is 4.90 Å². The van der Waals surface area contributed by atoms with Crippen molar-refractivity contribution in [3.8, 4) is 0 Å². The van der Waals surface area contributed by atoms with Crippen LogP contribution in [0.15, 0.2) is 30.3 Å². The zero-order valence-electron chi connectivity index (χ0n) is 17.8. The summed E-state index contributed by atoms with van der Waals surface area (Å²) >= 11 is 6.33. The van der Waals surface area contributed by atoms with Crippen LogP contribution in [0.1, 0.15) is 47.9 Å². The molecule has 0 bridgehead atoms. The third-order valence-electron chi connectivity index (χ3n) is 6.34. The summed E-state index contributed by atoms with van der Waals surface area (Å²) in [6, 6.07) is 5.92. The smallest absolute Gasteiger partial charge is 0.338 e. The van der Waals surface area contributed by atoms with Gasteiger partial charge in [-0.1, -0.05) is 36.6 Å². The molecule has 2 aromatic rings. The Morgan fingerprint density at radius 2 is 1.85 bits per heavy atom. The van der Waals surface area contributed by atoms with Crippen LogP contribution in [0.25, 0.3) is 0 Å². The van der Waals surface area contributed by atoms with Crippen molar-refractivity contribution >= 4 is 29.1 Å². The minimum absolute atomic E-state index is 0.0853. The summed E-state index contributed by atoms with van der Waals surface area (Å²) in [7, 11) is 0. The monoisotopic (exact) mass is 482 g/mol. The van der Waals surface area contributed by atoms with Gasteiger partial charge in [-0.15, -0.1) is 0 Å². The second-order valence-corrected chi connectivity index (χ2v) is 9.00. The molecule has 0 atom stereocenters. The lowest BCUT2D eigenvalue weighted by Crippen LogP contribution is -2.39. The lowest BCUT2D eigenvalue weighted by atomic mass is 9.95. The highest BCUT2D eigenvalue weighted by atomic mass is 35.5. The minimum atomic E-state index is -4.80. The van der Waals surface area contributed by atoms with E-state index in [1.807, 2.05) is 11.0 Å². The molecule has 0 aromatic heterocycles. The van der Waals surface area contributed by atoms with Gasteiger partial charge in [0.05, 0.1) is 22.7 Å². The SMILES string of the molecule is O=C(Cc1ccc(C(F)(F)F)c(F)c1)Nc1c(Cl)ccc2c1CCN(C(=O)C1CCCC1)C2. The Kier molecular flexibility index (Phi) is 6.66. The number of amides is 2. The molecule has 2 aliphatic rings. The van der Waals surface area contributed by atoms with E-state index in [-0.39, 0.29) is 23.8 Å². The first-order chi connectivity index (χ1) is 15.6. The Bertz CT molecular complexity index is 1080. The highest BCUT2D eigenvalue weighted by Gasteiger charge is 2.34. The molecule has 176 valence electrons. The highest BCUT2D eigenvalue weighted by molar-refractivity contribution is 6.34. The van der Waals surface area contributed by atoms with E-state index in [2.05, 4.69) is 5.32 Å². The molecule has 2 aromatic carbocycles. The van der Waals surface area contributed by atoms with E-state index in [1.165, 1.54) is 0 Å². The summed E-state index contributed by atoms with van der Waals surface area (Å²) < 4.78 is 52.0. The van der Waals surface area contributed by atoms with Gasteiger partial charge in [-0.05, 0) is 54.2 Å². The lowest BCUT2D eigenvalue weighted by Gasteiger charge is -2.32. The van der Waals surface area contributed by atoms with Gasteiger partial charge in [0, 0.05) is 19.0 Å². The van der Waals surface area contributed by atoms with E-state index in [9.17, 15) is 27.2 Å². The van der Waals surface area contributed by atoms with E-state index in [0.29, 0.717) is 36.3 Å². The number of alkyl halides is 3. The number of anilines is 1. The summed E-state index contributed by atoms with van der Waals surface area (Å²) in [5.74, 6) is -1.69. The number of carbonyl (C=O) groups excluding carboxylic acids is 2. The summed E-state index contributed by atoms with van der Waals surface area (Å²) in [6.07, 6.45) is -0.566. The van der Waals surface area contributed by atoms with Crippen LogP contribution < -0.4 is 5.32 Å². The topological polar surface area (TPSA) is 49.4 Å². The molecule has 4 nitrogen and oxygen atoms in total. The largest absolute Gasteiger partial charge is 0.419 e. The summed E-state index contributed by atoms with van der Waals surface area (Å²) in [4.78, 5) is 27.2. The molecule has 4 rings (SSSR count). The van der Waals surface area contributed by atoms with E-state index in [4.69, 9.17) is 11.6 Å². The van der Waals surface area contributed by atoms with Crippen molar-refractivity contribution in [3.63, 3.8) is 0 Å². The number of hydrogen-bond donors (Lipinski definition) is 1. The van der Waals surface area contributed by atoms with Gasteiger partial charge in [0.15, 0.2) is 0 Å². The number of nitrogens with zero attached hydrogens (tertiary/aromatic N) is 1. The van der Waals surface area contributed by atoms with Crippen LogP contribution in [-0.4, -0.2) is 23.3 Å². The van der Waals surface area contributed by atoms with Crippen LogP contribution in [-0.2, 0) is 35.2 Å². The Morgan fingerprint density at radius 1 is 1.12 bits per heavy atom. The second kappa shape index (κ2) is 9.33. The first-order valence-corrected chi connectivity index (χ1v) is 11.3. The minimum Gasteiger partial charge on any atom is -0.338 e. The Balaban J connectivity index is 1.47. The van der Waals surface area contributed by atoms with Gasteiger partial charge in [-0.25, -0.2) is 4.39 Å². The van der Waals surface area contributed by atoms with Crippen molar-refractivity contribution in [2.75, 3.05) is 11.9 Å². The predicted octanol–water partition coefficient (Wildman–Crippen LogP) is 5.75. The highest BCUT2D eigenvalue weighted by Crippen LogP contribution is 2.35. The molecular weight excluding hydrogens is 460 g/mol. The van der Waals surface area contributed by atoms with E-state index < -0.39 is 23.5 Å². The maximum absolute atomic E-state index is 13.8. The molecule has 1 aliphatic heterocycles. The molecule has 33 heavy (non-hydrogen) atoms. The first kappa shape index (κ1) is 23.5. The van der Waals surface area contributed by atoms with Crippen molar-refractivity contribution in [3.05, 3.63) is 63.4 Å². The number of halogens is 5. The van der Waals surface area contributed by atoms with Crippen LogP contribution in [0.3, 0.4) is 0 Å². The van der Waals surface area contributed by atoms with E-state index in [1.54, 1.807) is 6.07 Å². The fourth-order valence-electron chi connectivity index (χ4n) is 4.65. The van der Waals surface area contributed by atoms with Gasteiger partial charge in [-0.2, -0.15) is 13.2 Å². The summed E-state index contributed by atoms with van der Waals surface area (Å²) in [6.45, 7) is 0.963. The molecule has 9 heteroatoms. The molecule has 0 saturated heterocycles. The van der Waals surface area contributed by atoms with E-state index in [0.717, 1.165) is 48.9 Å². The molecule has 1 N–H and O–H groups in total. The number of benzene rings is 2. The van der Waals surface area contributed by atoms with Gasteiger partial charge in [0.2, 0.25) is 11.8 Å². The van der Waals surface area contributed by atoms with Crippen molar-refractivity contribution < 1.29 is 27.2 Å². The lowest BCUT2D eigenvalue weighted by molar-refractivity contribution is -0.140. The molecule has 2 amide bonds. The quantitative estimate of drug-likeness (QED) is 0.564. The summed E-state index contributed by atoms with van der Waals surface area (Å²) in [5, 5.41) is 3.06. The van der Waals surface area contributed by atoms with Gasteiger partial charge in [-0.3, -0.25) is 9.59 Å². The Labute approximate surface area is 193 Å². The molecular formula is C24H23ClF4N2O2. The number of rotatable bonds is 4. The number of carbonyl (C=O) groups is 2. The van der Waals surface area contributed by atoms with Gasteiger partial charge < -0.3 is 10.2 Å². The van der Waals surface area contributed by atoms with Crippen LogP contribution >= 0.6 is 11.6 Å². The first-order valence-electron chi connectivity index (χ1n) is 10.9. The number of nitrogens with one attached hydrogen (secondary N) is 1. The van der Waals surface area contributed by atoms with Crippen molar-refractivity contribution in [1.29, 1.82) is 0 Å². The fraction of sp³-hybridized carbons (Fsp3) is 0.417. The van der Waals surface area contributed by atoms with Crippen LogP contribution in [0.5, 0.6) is 0 Å². The number of fused-ring (bicyclic) bond motifs is 1.